The van der Waals surface area contributed by atoms with Gasteiger partial charge in [-0.2, -0.15) is 0 Å². The molecular weight excluding hydrogens is 897 g/mol. The molecule has 2 atom stereocenters. The van der Waals surface area contributed by atoms with Crippen LogP contribution in [0.15, 0.2) is 60.7 Å². The minimum atomic E-state index is -1.72. The van der Waals surface area contributed by atoms with Gasteiger partial charge in [-0.1, -0.05) is 166 Å². The van der Waals surface area contributed by atoms with Crippen molar-refractivity contribution in [2.75, 3.05) is 92.5 Å². The van der Waals surface area contributed by atoms with Crippen LogP contribution in [0.3, 0.4) is 0 Å². The molecule has 2 unspecified atom stereocenters. The number of unbranched alkanes of at least 4 members (excludes halogenated alkanes) is 18. The summed E-state index contributed by atoms with van der Waals surface area (Å²) in [6, 6.07) is 18.0. The van der Waals surface area contributed by atoms with Gasteiger partial charge in [0.2, 0.25) is 0 Å². The lowest BCUT2D eigenvalue weighted by Gasteiger charge is -2.30. The Balaban J connectivity index is 0.000000700. The van der Waals surface area contributed by atoms with Gasteiger partial charge in [-0.25, -0.2) is 9.59 Å². The van der Waals surface area contributed by atoms with E-state index in [4.69, 9.17) is 47.4 Å². The lowest BCUT2D eigenvalue weighted by Crippen LogP contribution is -2.48. The van der Waals surface area contributed by atoms with Gasteiger partial charge in [0.1, 0.15) is 11.5 Å². The molecule has 0 heterocycles. The topological polar surface area (TPSA) is 167 Å². The van der Waals surface area contributed by atoms with Crippen LogP contribution in [0.1, 0.15) is 169 Å². The van der Waals surface area contributed by atoms with Crippen LogP contribution in [-0.2, 0) is 47.5 Å². The van der Waals surface area contributed by atoms with E-state index in [0.29, 0.717) is 77.6 Å². The molecule has 0 amide bonds. The zero-order valence-corrected chi connectivity index (χ0v) is 44.0. The Bertz CT molecular complexity index is 1280. The zero-order chi connectivity index (χ0) is 50.9. The van der Waals surface area contributed by atoms with Crippen LogP contribution in [0, 0.1) is 0 Å². The Hall–Kier alpha value is -3.34. The molecule has 0 saturated heterocycles. The second kappa shape index (κ2) is 46.7. The molecule has 0 aromatic heterocycles. The quantitative estimate of drug-likeness (QED) is 0.0475. The Labute approximate surface area is 423 Å². The normalized spacial score (nSPS) is 13.0. The lowest BCUT2D eigenvalue weighted by atomic mass is 10.0. The van der Waals surface area contributed by atoms with Gasteiger partial charge in [0, 0.05) is 26.1 Å². The second-order valence-electron chi connectivity index (χ2n) is 17.4. The van der Waals surface area contributed by atoms with Crippen molar-refractivity contribution >= 4 is 11.9 Å². The van der Waals surface area contributed by atoms with Gasteiger partial charge in [0.25, 0.3) is 0 Å². The first-order chi connectivity index (χ1) is 34.3. The van der Waals surface area contributed by atoms with Gasteiger partial charge in [-0.15, -0.1) is 0 Å². The fourth-order valence-electron chi connectivity index (χ4n) is 7.48. The SMILES string of the molecule is CCCCCCCCCCCCC(OCCOCCOCCOCC)(Oc1ccccc1)C(=O)O.CCCCCCCCCCCCC(OCCOCCOCCOCC)(Oc1ccccc1)C(=O)O. The first kappa shape index (κ1) is 64.7. The number of carboxylic acids is 2. The number of carboxylic acid groups (broad SMARTS) is 2. The van der Waals surface area contributed by atoms with Crippen molar-refractivity contribution in [3.8, 4) is 11.5 Å². The smallest absolute Gasteiger partial charge is 0.377 e. The third kappa shape index (κ3) is 34.9. The van der Waals surface area contributed by atoms with Gasteiger partial charge in [-0.3, -0.25) is 0 Å². The fraction of sp³-hybridized carbons (Fsp3) is 0.750. The van der Waals surface area contributed by atoms with E-state index in [0.717, 1.165) is 38.5 Å². The number of hydrogen-bond acceptors (Lipinski definition) is 12. The summed E-state index contributed by atoms with van der Waals surface area (Å²) in [5, 5.41) is 20.1. The van der Waals surface area contributed by atoms with Crippen molar-refractivity contribution in [1.29, 1.82) is 0 Å². The van der Waals surface area contributed by atoms with Gasteiger partial charge < -0.3 is 57.6 Å². The van der Waals surface area contributed by atoms with Crippen molar-refractivity contribution in [3.63, 3.8) is 0 Å². The van der Waals surface area contributed by atoms with Gasteiger partial charge in [0.15, 0.2) is 0 Å². The molecule has 2 aromatic carbocycles. The van der Waals surface area contributed by atoms with E-state index in [1.807, 2.05) is 50.2 Å². The van der Waals surface area contributed by atoms with Gasteiger partial charge >= 0.3 is 23.5 Å². The molecule has 0 radical (unpaired) electrons. The molecule has 404 valence electrons. The van der Waals surface area contributed by atoms with Crippen molar-refractivity contribution in [2.45, 2.75) is 181 Å². The minimum absolute atomic E-state index is 0.121. The Morgan fingerprint density at radius 3 is 0.886 bits per heavy atom. The predicted molar refractivity (Wildman–Crippen MR) is 276 cm³/mol. The number of carbonyl (C=O) groups is 2. The third-order valence-corrected chi connectivity index (χ3v) is 11.4. The van der Waals surface area contributed by atoms with E-state index in [2.05, 4.69) is 13.8 Å². The highest BCUT2D eigenvalue weighted by atomic mass is 16.7. The molecule has 2 N–H and O–H groups in total. The molecule has 0 aliphatic carbocycles. The largest absolute Gasteiger partial charge is 0.476 e. The first-order valence-corrected chi connectivity index (χ1v) is 27.0. The van der Waals surface area contributed by atoms with E-state index in [-0.39, 0.29) is 39.3 Å². The molecule has 0 spiro atoms. The standard InChI is InChI=1S/2C28H48O7/c2*1-3-5-6-7-8-9-10-11-12-16-19-28(27(29)30,35-26-17-14-13-15-18-26)34-25-24-33-23-22-32-21-20-31-4-2/h2*13-15,17-18H,3-12,16,19-25H2,1-2H3,(H,29,30). The van der Waals surface area contributed by atoms with Gasteiger partial charge in [0.05, 0.1) is 79.3 Å². The second-order valence-corrected chi connectivity index (χ2v) is 17.4. The van der Waals surface area contributed by atoms with Gasteiger partial charge in [-0.05, 0) is 51.0 Å². The Kier molecular flexibility index (Phi) is 43.2. The average Bonchev–Trinajstić information content (AvgIpc) is 3.36. The van der Waals surface area contributed by atoms with Crippen LogP contribution in [0.4, 0.5) is 0 Å². The maximum absolute atomic E-state index is 12.3. The molecule has 0 aliphatic rings. The zero-order valence-electron chi connectivity index (χ0n) is 44.0. The minimum Gasteiger partial charge on any atom is -0.476 e. The average molecular weight is 993 g/mol. The fourth-order valence-corrected chi connectivity index (χ4v) is 7.48. The molecule has 0 aliphatic heterocycles. The number of rotatable bonds is 50. The number of para-hydroxylation sites is 2. The van der Waals surface area contributed by atoms with Crippen molar-refractivity contribution < 1.29 is 67.2 Å². The van der Waals surface area contributed by atoms with Crippen LogP contribution in [0.2, 0.25) is 0 Å². The number of ether oxygens (including phenoxy) is 10. The molecule has 2 rings (SSSR count). The summed E-state index contributed by atoms with van der Waals surface area (Å²) in [6.07, 6.45) is 24.1. The number of aliphatic carboxylic acids is 2. The van der Waals surface area contributed by atoms with E-state index < -0.39 is 23.5 Å². The summed E-state index contributed by atoms with van der Waals surface area (Å²) < 4.78 is 55.8. The first-order valence-electron chi connectivity index (χ1n) is 27.0. The Morgan fingerprint density at radius 1 is 0.357 bits per heavy atom. The van der Waals surface area contributed by atoms with Crippen molar-refractivity contribution in [2.24, 2.45) is 0 Å². The van der Waals surface area contributed by atoms with Crippen LogP contribution in [0.25, 0.3) is 0 Å². The molecular formula is C56H96O14. The van der Waals surface area contributed by atoms with Crippen LogP contribution in [0.5, 0.6) is 11.5 Å². The van der Waals surface area contributed by atoms with E-state index in [9.17, 15) is 19.8 Å². The molecule has 70 heavy (non-hydrogen) atoms. The maximum atomic E-state index is 12.3. The van der Waals surface area contributed by atoms with E-state index in [1.54, 1.807) is 24.3 Å². The summed E-state index contributed by atoms with van der Waals surface area (Å²) >= 11 is 0. The van der Waals surface area contributed by atoms with Crippen molar-refractivity contribution in [3.05, 3.63) is 60.7 Å². The Morgan fingerprint density at radius 2 is 0.614 bits per heavy atom. The maximum Gasteiger partial charge on any atom is 0.377 e. The third-order valence-electron chi connectivity index (χ3n) is 11.4. The highest BCUT2D eigenvalue weighted by Crippen LogP contribution is 2.28. The number of benzene rings is 2. The lowest BCUT2D eigenvalue weighted by molar-refractivity contribution is -0.218. The highest BCUT2D eigenvalue weighted by Gasteiger charge is 2.43. The molecule has 14 heteroatoms. The molecule has 2 aromatic rings. The molecule has 0 saturated carbocycles. The van der Waals surface area contributed by atoms with E-state index in [1.165, 1.54) is 89.9 Å². The van der Waals surface area contributed by atoms with Crippen molar-refractivity contribution in [1.82, 2.24) is 0 Å². The van der Waals surface area contributed by atoms with Crippen LogP contribution >= 0.6 is 0 Å². The molecule has 0 bridgehead atoms. The highest BCUT2D eigenvalue weighted by molar-refractivity contribution is 5.76. The predicted octanol–water partition coefficient (Wildman–Crippen LogP) is 12.5. The van der Waals surface area contributed by atoms with E-state index >= 15 is 0 Å². The summed E-state index contributed by atoms with van der Waals surface area (Å²) in [7, 11) is 0. The summed E-state index contributed by atoms with van der Waals surface area (Å²) in [5.41, 5.74) is 0. The number of hydrogen-bond donors (Lipinski definition) is 2. The van der Waals surface area contributed by atoms with Crippen LogP contribution < -0.4 is 9.47 Å². The summed E-state index contributed by atoms with van der Waals surface area (Å²) in [6.45, 7) is 14.4. The molecule has 0 fully saturated rings. The van der Waals surface area contributed by atoms with Crippen LogP contribution in [-0.4, -0.2) is 126 Å². The summed E-state index contributed by atoms with van der Waals surface area (Å²) in [4.78, 5) is 24.6. The monoisotopic (exact) mass is 993 g/mol. The molecule has 14 nitrogen and oxygen atoms in total. The summed E-state index contributed by atoms with van der Waals surface area (Å²) in [5.74, 6) is -4.72.